The van der Waals surface area contributed by atoms with Gasteiger partial charge in [-0.15, -0.1) is 0 Å². The quantitative estimate of drug-likeness (QED) is 0.285. The Morgan fingerprint density at radius 1 is 0.657 bits per heavy atom. The van der Waals surface area contributed by atoms with Crippen molar-refractivity contribution in [1.29, 1.82) is 0 Å². The first-order valence-electron chi connectivity index (χ1n) is 13.2. The Morgan fingerprint density at radius 2 is 1.17 bits per heavy atom. The zero-order valence-corrected chi connectivity index (χ0v) is 23.7. The largest absolute Gasteiger partial charge is 0.282 e. The molecule has 0 heterocycles. The predicted octanol–water partition coefficient (Wildman–Crippen LogP) is 9.31. The molecule has 3 aromatic carbocycles. The molecular formula is C32H41N2P. The van der Waals surface area contributed by atoms with Gasteiger partial charge in [-0.05, 0) is 45.8 Å². The van der Waals surface area contributed by atoms with Crippen LogP contribution in [0.25, 0.3) is 10.8 Å². The number of aliphatic imine (C=N–C) groups is 2. The molecule has 0 radical (unpaired) electrons. The highest BCUT2D eigenvalue weighted by Crippen LogP contribution is 2.45. The molecule has 0 aliphatic heterocycles. The Balaban J connectivity index is 1.89. The molecule has 0 unspecified atom stereocenters. The molecule has 0 saturated heterocycles. The van der Waals surface area contributed by atoms with E-state index in [0.717, 1.165) is 35.0 Å². The van der Waals surface area contributed by atoms with Crippen molar-refractivity contribution in [2.75, 3.05) is 12.7 Å². The SMILES string of the molecule is CC(C)c1cccc(C(C)C)c1N=C1C(=NCCP(C(C)C)C(C)C)c2cccc3cccc1c23. The number of hydrogen-bond donors (Lipinski definition) is 0. The maximum atomic E-state index is 5.48. The molecule has 0 amide bonds. The van der Waals surface area contributed by atoms with Gasteiger partial charge in [0, 0.05) is 23.1 Å². The van der Waals surface area contributed by atoms with E-state index in [0.29, 0.717) is 11.8 Å². The van der Waals surface area contributed by atoms with Gasteiger partial charge in [-0.3, -0.25) is 4.99 Å². The molecule has 184 valence electrons. The third-order valence-electron chi connectivity index (χ3n) is 7.16. The molecule has 0 N–H and O–H groups in total. The molecule has 4 rings (SSSR count). The summed E-state index contributed by atoms with van der Waals surface area (Å²) in [4.78, 5) is 10.8. The second-order valence-electron chi connectivity index (χ2n) is 10.9. The van der Waals surface area contributed by atoms with Gasteiger partial charge >= 0.3 is 0 Å². The van der Waals surface area contributed by atoms with Crippen LogP contribution in [0.1, 0.15) is 89.5 Å². The van der Waals surface area contributed by atoms with Crippen molar-refractivity contribution >= 4 is 35.8 Å². The maximum Gasteiger partial charge on any atom is 0.0974 e. The van der Waals surface area contributed by atoms with E-state index in [-0.39, 0.29) is 7.92 Å². The second-order valence-corrected chi connectivity index (χ2v) is 14.5. The molecule has 0 spiro atoms. The molecule has 0 fully saturated rings. The predicted molar refractivity (Wildman–Crippen MR) is 158 cm³/mol. The summed E-state index contributed by atoms with van der Waals surface area (Å²) in [7, 11) is -0.0386. The minimum atomic E-state index is -0.0386. The highest BCUT2D eigenvalue weighted by atomic mass is 31.1. The molecule has 0 aromatic heterocycles. The minimum Gasteiger partial charge on any atom is -0.282 e. The van der Waals surface area contributed by atoms with Crippen LogP contribution in [-0.4, -0.2) is 35.4 Å². The van der Waals surface area contributed by atoms with Gasteiger partial charge in [-0.25, -0.2) is 4.99 Å². The van der Waals surface area contributed by atoms with Crippen LogP contribution in [-0.2, 0) is 0 Å². The molecule has 0 saturated carbocycles. The van der Waals surface area contributed by atoms with Gasteiger partial charge in [-0.2, -0.15) is 0 Å². The minimum absolute atomic E-state index is 0.0386. The van der Waals surface area contributed by atoms with Crippen molar-refractivity contribution < 1.29 is 0 Å². The van der Waals surface area contributed by atoms with E-state index in [2.05, 4.69) is 110 Å². The number of hydrogen-bond acceptors (Lipinski definition) is 2. The summed E-state index contributed by atoms with van der Waals surface area (Å²) in [6.07, 6.45) is 1.17. The lowest BCUT2D eigenvalue weighted by Crippen LogP contribution is -2.14. The van der Waals surface area contributed by atoms with E-state index in [4.69, 9.17) is 9.98 Å². The maximum absolute atomic E-state index is 5.48. The molecule has 0 bridgehead atoms. The summed E-state index contributed by atoms with van der Waals surface area (Å²) >= 11 is 0. The number of nitrogens with zero attached hydrogens (tertiary/aromatic N) is 2. The Bertz CT molecular complexity index is 1220. The van der Waals surface area contributed by atoms with Gasteiger partial charge in [-0.1, -0.05) is 118 Å². The van der Waals surface area contributed by atoms with Crippen molar-refractivity contribution in [3.05, 3.63) is 76.9 Å². The van der Waals surface area contributed by atoms with E-state index >= 15 is 0 Å². The molecule has 2 nitrogen and oxygen atoms in total. The van der Waals surface area contributed by atoms with Gasteiger partial charge in [0.1, 0.15) is 0 Å². The number of rotatable bonds is 8. The summed E-state index contributed by atoms with van der Waals surface area (Å²) in [6.45, 7) is 19.4. The van der Waals surface area contributed by atoms with Crippen molar-refractivity contribution in [2.24, 2.45) is 9.98 Å². The standard InChI is InChI=1S/C32H41N2P/c1-20(2)25-14-11-15-26(21(3)4)30(25)34-32-28-17-10-13-24-12-9-16-27(29(24)28)31(32)33-18-19-35(22(5)6)23(7)8/h9-17,20-23H,18-19H2,1-8H3. The molecule has 0 atom stereocenters. The molecular weight excluding hydrogens is 443 g/mol. The van der Waals surface area contributed by atoms with Crippen molar-refractivity contribution in [3.8, 4) is 0 Å². The molecule has 1 aliphatic carbocycles. The third-order valence-corrected chi connectivity index (χ3v) is 10.5. The molecule has 3 heteroatoms. The first-order valence-corrected chi connectivity index (χ1v) is 14.9. The van der Waals surface area contributed by atoms with Crippen LogP contribution in [0.3, 0.4) is 0 Å². The number of benzene rings is 3. The van der Waals surface area contributed by atoms with Crippen LogP contribution in [0.15, 0.2) is 64.6 Å². The molecule has 1 aliphatic rings. The first-order chi connectivity index (χ1) is 16.7. The van der Waals surface area contributed by atoms with Crippen molar-refractivity contribution in [1.82, 2.24) is 0 Å². The van der Waals surface area contributed by atoms with E-state index < -0.39 is 0 Å². The van der Waals surface area contributed by atoms with E-state index in [1.807, 2.05) is 0 Å². The average Bonchev–Trinajstić information content (AvgIpc) is 3.10. The lowest BCUT2D eigenvalue weighted by atomic mass is 9.92. The fraction of sp³-hybridized carbons (Fsp3) is 0.438. The van der Waals surface area contributed by atoms with Gasteiger partial charge in [0.2, 0.25) is 0 Å². The Morgan fingerprint density at radius 3 is 1.69 bits per heavy atom. The Labute approximate surface area is 213 Å². The first kappa shape index (κ1) is 25.8. The van der Waals surface area contributed by atoms with Crippen molar-refractivity contribution in [2.45, 2.75) is 78.5 Å². The summed E-state index contributed by atoms with van der Waals surface area (Å²) in [5, 5.41) is 2.57. The van der Waals surface area contributed by atoms with E-state index in [1.54, 1.807) is 0 Å². The van der Waals surface area contributed by atoms with Crippen LogP contribution in [0, 0.1) is 0 Å². The van der Waals surface area contributed by atoms with Gasteiger partial charge in [0.05, 0.1) is 17.1 Å². The lowest BCUT2D eigenvalue weighted by molar-refractivity contribution is 0.835. The monoisotopic (exact) mass is 484 g/mol. The summed E-state index contributed by atoms with van der Waals surface area (Å²) in [5.41, 5.74) is 9.81. The van der Waals surface area contributed by atoms with Crippen LogP contribution >= 0.6 is 7.92 Å². The summed E-state index contributed by atoms with van der Waals surface area (Å²) < 4.78 is 0. The van der Waals surface area contributed by atoms with Crippen molar-refractivity contribution in [3.63, 3.8) is 0 Å². The van der Waals surface area contributed by atoms with E-state index in [9.17, 15) is 0 Å². The van der Waals surface area contributed by atoms with E-state index in [1.165, 1.54) is 39.2 Å². The van der Waals surface area contributed by atoms with Crippen LogP contribution in [0.5, 0.6) is 0 Å². The average molecular weight is 485 g/mol. The third kappa shape index (κ3) is 5.14. The normalized spacial score (nSPS) is 15.9. The smallest absolute Gasteiger partial charge is 0.0974 e. The highest BCUT2D eigenvalue weighted by molar-refractivity contribution is 7.59. The highest BCUT2D eigenvalue weighted by Gasteiger charge is 2.28. The summed E-state index contributed by atoms with van der Waals surface area (Å²) in [5.74, 6) is 0.822. The van der Waals surface area contributed by atoms with Gasteiger partial charge < -0.3 is 0 Å². The second kappa shape index (κ2) is 10.8. The van der Waals surface area contributed by atoms with Crippen LogP contribution in [0.2, 0.25) is 0 Å². The topological polar surface area (TPSA) is 24.7 Å². The molecule has 35 heavy (non-hydrogen) atoms. The Hall–Kier alpha value is -2.31. The zero-order chi connectivity index (χ0) is 25.3. The zero-order valence-electron chi connectivity index (χ0n) is 22.8. The van der Waals surface area contributed by atoms with Gasteiger partial charge in [0.15, 0.2) is 0 Å². The van der Waals surface area contributed by atoms with Crippen LogP contribution in [0.4, 0.5) is 5.69 Å². The van der Waals surface area contributed by atoms with Gasteiger partial charge in [0.25, 0.3) is 0 Å². The molecule has 3 aromatic rings. The fourth-order valence-electron chi connectivity index (χ4n) is 5.41. The number of para-hydroxylation sites is 1. The Kier molecular flexibility index (Phi) is 7.92. The fourth-order valence-corrected chi connectivity index (χ4v) is 7.96. The van der Waals surface area contributed by atoms with Crippen LogP contribution < -0.4 is 0 Å². The lowest BCUT2D eigenvalue weighted by Gasteiger charge is -2.25. The summed E-state index contributed by atoms with van der Waals surface area (Å²) in [6, 6.07) is 19.9.